The normalized spacial score (nSPS) is 11.5. The van der Waals surface area contributed by atoms with Crippen molar-refractivity contribution in [3.63, 3.8) is 0 Å². The maximum Gasteiger partial charge on any atom is 0.216 e. The van der Waals surface area contributed by atoms with E-state index in [4.69, 9.17) is 4.42 Å². The summed E-state index contributed by atoms with van der Waals surface area (Å²) < 4.78 is 21.7. The highest BCUT2D eigenvalue weighted by molar-refractivity contribution is 6.09. The Kier molecular flexibility index (Phi) is 2.98. The third kappa shape index (κ3) is 2.04. The lowest BCUT2D eigenvalue weighted by molar-refractivity contribution is -0.666. The second-order valence-electron chi connectivity index (χ2n) is 5.99. The van der Waals surface area contributed by atoms with Crippen LogP contribution in [0, 0.1) is 19.7 Å². The van der Waals surface area contributed by atoms with Crippen molar-refractivity contribution >= 4 is 21.9 Å². The molecule has 0 radical (unpaired) electrons. The van der Waals surface area contributed by atoms with Gasteiger partial charge in [0.05, 0.1) is 5.56 Å². The average Bonchev–Trinajstić information content (AvgIpc) is 2.88. The van der Waals surface area contributed by atoms with Gasteiger partial charge >= 0.3 is 0 Å². The first-order valence-electron chi connectivity index (χ1n) is 7.63. The molecule has 2 aromatic heterocycles. The number of hydrogen-bond acceptors (Lipinski definition) is 1. The summed E-state index contributed by atoms with van der Waals surface area (Å²) in [6.45, 7) is 4.15. The molecule has 0 fully saturated rings. The van der Waals surface area contributed by atoms with Gasteiger partial charge in [0.15, 0.2) is 5.69 Å². The molecule has 23 heavy (non-hydrogen) atoms. The lowest BCUT2D eigenvalue weighted by Gasteiger charge is -2.06. The molecule has 0 bridgehead atoms. The SMILES string of the molecule is Cc1ccc2c(oc3cc(F)ccc32)c1-c1cccc(C)[n+]1C. The van der Waals surface area contributed by atoms with E-state index in [-0.39, 0.29) is 5.82 Å². The molecule has 0 aliphatic rings. The summed E-state index contributed by atoms with van der Waals surface area (Å²) in [6, 6.07) is 15.1. The summed E-state index contributed by atoms with van der Waals surface area (Å²) >= 11 is 0. The Morgan fingerprint density at radius 1 is 0.957 bits per heavy atom. The van der Waals surface area contributed by atoms with E-state index in [1.807, 2.05) is 19.2 Å². The zero-order chi connectivity index (χ0) is 16.1. The minimum atomic E-state index is -0.282. The number of aryl methyl sites for hydroxylation is 2. The molecular weight excluding hydrogens is 289 g/mol. The number of rotatable bonds is 1. The predicted molar refractivity (Wildman–Crippen MR) is 89.8 cm³/mol. The minimum absolute atomic E-state index is 0.282. The molecule has 0 amide bonds. The first-order chi connectivity index (χ1) is 11.1. The van der Waals surface area contributed by atoms with Gasteiger partial charge in [0.2, 0.25) is 5.69 Å². The second-order valence-corrected chi connectivity index (χ2v) is 5.99. The number of hydrogen-bond donors (Lipinski definition) is 0. The van der Waals surface area contributed by atoms with Crippen LogP contribution in [0.15, 0.2) is 52.9 Å². The van der Waals surface area contributed by atoms with Crippen molar-refractivity contribution < 1.29 is 13.4 Å². The van der Waals surface area contributed by atoms with E-state index in [2.05, 4.69) is 36.6 Å². The average molecular weight is 306 g/mol. The van der Waals surface area contributed by atoms with Crippen LogP contribution in [-0.4, -0.2) is 0 Å². The van der Waals surface area contributed by atoms with Gasteiger partial charge in [-0.15, -0.1) is 0 Å². The molecule has 114 valence electrons. The maximum atomic E-state index is 13.5. The van der Waals surface area contributed by atoms with E-state index < -0.39 is 0 Å². The molecule has 0 aliphatic heterocycles. The molecule has 3 heteroatoms. The highest BCUT2D eigenvalue weighted by Gasteiger charge is 2.21. The molecule has 0 atom stereocenters. The molecular formula is C20H17FNO+. The molecule has 0 N–H and O–H groups in total. The minimum Gasteiger partial charge on any atom is -0.455 e. The molecule has 4 aromatic rings. The smallest absolute Gasteiger partial charge is 0.216 e. The van der Waals surface area contributed by atoms with Crippen molar-refractivity contribution in [1.82, 2.24) is 0 Å². The van der Waals surface area contributed by atoms with E-state index in [1.165, 1.54) is 17.8 Å². The van der Waals surface area contributed by atoms with E-state index >= 15 is 0 Å². The first kappa shape index (κ1) is 13.9. The number of pyridine rings is 1. The van der Waals surface area contributed by atoms with E-state index in [0.717, 1.165) is 33.2 Å². The fourth-order valence-corrected chi connectivity index (χ4v) is 3.17. The van der Waals surface area contributed by atoms with E-state index in [0.29, 0.717) is 5.58 Å². The van der Waals surface area contributed by atoms with Gasteiger partial charge in [0, 0.05) is 35.9 Å². The number of fused-ring (bicyclic) bond motifs is 3. The van der Waals surface area contributed by atoms with Crippen LogP contribution in [0.25, 0.3) is 33.2 Å². The van der Waals surface area contributed by atoms with Crippen molar-refractivity contribution in [3.8, 4) is 11.3 Å². The zero-order valence-electron chi connectivity index (χ0n) is 13.4. The lowest BCUT2D eigenvalue weighted by atomic mass is 10.0. The van der Waals surface area contributed by atoms with Gasteiger partial charge in [0.1, 0.15) is 24.0 Å². The molecule has 0 saturated carbocycles. The van der Waals surface area contributed by atoms with Gasteiger partial charge in [-0.25, -0.2) is 4.39 Å². The molecule has 0 spiro atoms. The highest BCUT2D eigenvalue weighted by atomic mass is 19.1. The van der Waals surface area contributed by atoms with Crippen LogP contribution >= 0.6 is 0 Å². The first-order valence-corrected chi connectivity index (χ1v) is 7.63. The summed E-state index contributed by atoms with van der Waals surface area (Å²) in [5.74, 6) is -0.282. The third-order valence-electron chi connectivity index (χ3n) is 4.55. The van der Waals surface area contributed by atoms with Gasteiger partial charge in [0.25, 0.3) is 0 Å². The van der Waals surface area contributed by atoms with Crippen LogP contribution in [0.5, 0.6) is 0 Å². The number of nitrogens with zero attached hydrogens (tertiary/aromatic N) is 1. The van der Waals surface area contributed by atoms with Gasteiger partial charge in [-0.3, -0.25) is 0 Å². The van der Waals surface area contributed by atoms with E-state index in [1.54, 1.807) is 6.07 Å². The van der Waals surface area contributed by atoms with Crippen molar-refractivity contribution in [2.75, 3.05) is 0 Å². The fourth-order valence-electron chi connectivity index (χ4n) is 3.17. The second kappa shape index (κ2) is 4.92. The summed E-state index contributed by atoms with van der Waals surface area (Å²) in [4.78, 5) is 0. The van der Waals surface area contributed by atoms with Crippen LogP contribution in [0.1, 0.15) is 11.3 Å². The molecule has 2 nitrogen and oxygen atoms in total. The zero-order valence-corrected chi connectivity index (χ0v) is 13.4. The van der Waals surface area contributed by atoms with Gasteiger partial charge in [-0.2, -0.15) is 4.57 Å². The number of furan rings is 1. The number of aromatic nitrogens is 1. The summed E-state index contributed by atoms with van der Waals surface area (Å²) in [5, 5.41) is 1.96. The van der Waals surface area contributed by atoms with E-state index in [9.17, 15) is 4.39 Å². The Morgan fingerprint density at radius 3 is 2.57 bits per heavy atom. The molecule has 2 aromatic carbocycles. The van der Waals surface area contributed by atoms with Crippen molar-refractivity contribution in [1.29, 1.82) is 0 Å². The van der Waals surface area contributed by atoms with Crippen LogP contribution in [0.2, 0.25) is 0 Å². The Bertz CT molecular complexity index is 1060. The third-order valence-corrected chi connectivity index (χ3v) is 4.55. The molecule has 2 heterocycles. The van der Waals surface area contributed by atoms with Crippen LogP contribution in [-0.2, 0) is 7.05 Å². The van der Waals surface area contributed by atoms with Crippen LogP contribution in [0.4, 0.5) is 4.39 Å². The largest absolute Gasteiger partial charge is 0.455 e. The Morgan fingerprint density at radius 2 is 1.74 bits per heavy atom. The fraction of sp³-hybridized carbons (Fsp3) is 0.150. The maximum absolute atomic E-state index is 13.5. The standard InChI is InChI=1S/C20H17FNO/c1-12-7-9-16-15-10-8-14(21)11-18(15)23-20(16)19(12)17-6-4-5-13(2)22(17)3/h4-11H,1-3H3/q+1. The summed E-state index contributed by atoms with van der Waals surface area (Å²) in [5.41, 5.74) is 5.85. The van der Waals surface area contributed by atoms with Gasteiger partial charge < -0.3 is 4.42 Å². The van der Waals surface area contributed by atoms with Crippen LogP contribution in [0.3, 0.4) is 0 Å². The Hall–Kier alpha value is -2.68. The summed E-state index contributed by atoms with van der Waals surface area (Å²) in [6.07, 6.45) is 0. The quantitative estimate of drug-likeness (QED) is 0.460. The predicted octanol–water partition coefficient (Wildman–Crippen LogP) is 4.83. The van der Waals surface area contributed by atoms with Crippen molar-refractivity contribution in [2.45, 2.75) is 13.8 Å². The van der Waals surface area contributed by atoms with Crippen molar-refractivity contribution in [2.24, 2.45) is 7.05 Å². The van der Waals surface area contributed by atoms with Crippen molar-refractivity contribution in [3.05, 3.63) is 65.6 Å². The molecule has 4 rings (SSSR count). The number of benzene rings is 2. The lowest BCUT2D eigenvalue weighted by Crippen LogP contribution is -2.34. The van der Waals surface area contributed by atoms with Gasteiger partial charge in [-0.05, 0) is 30.7 Å². The molecule has 0 unspecified atom stereocenters. The molecule has 0 aliphatic carbocycles. The van der Waals surface area contributed by atoms with Gasteiger partial charge in [-0.1, -0.05) is 12.1 Å². The summed E-state index contributed by atoms with van der Waals surface area (Å²) in [7, 11) is 2.05. The monoisotopic (exact) mass is 306 g/mol. The molecule has 0 saturated heterocycles. The Balaban J connectivity index is 2.15. The topological polar surface area (TPSA) is 17.0 Å². The Labute approximate surface area is 133 Å². The highest BCUT2D eigenvalue weighted by Crippen LogP contribution is 2.36. The number of halogens is 1. The van der Waals surface area contributed by atoms with Crippen LogP contribution < -0.4 is 4.57 Å².